The molecule has 1 saturated carbocycles. The number of alkyl halides is 6. The van der Waals surface area contributed by atoms with Crippen LogP contribution in [-0.4, -0.2) is 73.9 Å². The van der Waals surface area contributed by atoms with Crippen molar-refractivity contribution in [3.63, 3.8) is 0 Å². The van der Waals surface area contributed by atoms with Crippen LogP contribution in [0, 0.1) is 28.6 Å². The Hall–Kier alpha value is -6.82. The number of anilines is 1. The van der Waals surface area contributed by atoms with Crippen LogP contribution in [0.2, 0.25) is 5.02 Å². The van der Waals surface area contributed by atoms with Crippen LogP contribution in [0.25, 0.3) is 0 Å². The van der Waals surface area contributed by atoms with E-state index in [9.17, 15) is 50.8 Å². The van der Waals surface area contributed by atoms with Crippen molar-refractivity contribution in [2.75, 3.05) is 25.9 Å². The van der Waals surface area contributed by atoms with E-state index in [1.165, 1.54) is 7.11 Å². The number of ether oxygens (including phenoxy) is 6. The molecule has 1 aliphatic heterocycles. The molecule has 14 nitrogen and oxygen atoms in total. The number of esters is 2. The number of fused-ring (bicyclic) bond motifs is 3. The zero-order chi connectivity index (χ0) is 49.1. The summed E-state index contributed by atoms with van der Waals surface area (Å²) >= 11 is 11.4. The lowest BCUT2D eigenvalue weighted by atomic mass is 9.97. The first kappa shape index (κ1) is 49.6. The number of para-hydroxylation sites is 1. The minimum atomic E-state index is -4.92. The molecule has 4 atom stereocenters. The van der Waals surface area contributed by atoms with Crippen LogP contribution in [0.5, 0.6) is 17.2 Å². The van der Waals surface area contributed by atoms with Crippen LogP contribution in [0.3, 0.4) is 0 Å². The van der Waals surface area contributed by atoms with Crippen molar-refractivity contribution in [2.45, 2.75) is 44.5 Å². The van der Waals surface area contributed by atoms with E-state index in [0.29, 0.717) is 38.1 Å². The number of allylic oxidation sites excluding steroid dienone is 2. The third kappa shape index (κ3) is 11.1. The van der Waals surface area contributed by atoms with Gasteiger partial charge in [0, 0.05) is 22.6 Å². The van der Waals surface area contributed by atoms with Crippen LogP contribution in [0.4, 0.5) is 41.6 Å². The SMILES string of the molecule is CC1(C)[C@H](C(=O)O[C@H](C#N)c2cccc(Oc3ccccc3)c2)[C@@H]1/C=C(\Cl)C(F)(F)F.COC(=O)N(C(=O)N1CO[C@@]2(C(=O)OC)Cc3cc(Cl)ccc3C2=N1)c1ccc(OC(F)(F)F)cc1. The molecule has 7 rings (SSSR count). The maximum absolute atomic E-state index is 13.3. The predicted molar refractivity (Wildman–Crippen MR) is 226 cm³/mol. The van der Waals surface area contributed by atoms with Crippen LogP contribution in [-0.2, 0) is 35.0 Å². The molecule has 22 heteroatoms. The maximum Gasteiger partial charge on any atom is 0.573 e. The van der Waals surface area contributed by atoms with Crippen molar-refractivity contribution in [3.05, 3.63) is 130 Å². The molecule has 1 heterocycles. The average molecular weight is 978 g/mol. The number of halogens is 8. The quantitative estimate of drug-likeness (QED) is 0.0890. The van der Waals surface area contributed by atoms with Gasteiger partial charge in [-0.05, 0) is 77.6 Å². The van der Waals surface area contributed by atoms with Gasteiger partial charge in [-0.3, -0.25) is 4.79 Å². The molecule has 3 amide bonds. The minimum Gasteiger partial charge on any atom is -0.467 e. The monoisotopic (exact) mass is 976 g/mol. The molecule has 0 spiro atoms. The molecule has 0 N–H and O–H groups in total. The third-order valence-corrected chi connectivity index (χ3v) is 11.2. The Bertz CT molecular complexity index is 2640. The van der Waals surface area contributed by atoms with Gasteiger partial charge in [0.2, 0.25) is 11.7 Å². The molecule has 1 fully saturated rings. The fourth-order valence-electron chi connectivity index (χ4n) is 7.29. The predicted octanol–water partition coefficient (Wildman–Crippen LogP) is 10.6. The van der Waals surface area contributed by atoms with Gasteiger partial charge in [0.25, 0.3) is 0 Å². The number of hydrazone groups is 1. The number of benzene rings is 4. The van der Waals surface area contributed by atoms with Gasteiger partial charge in [0.1, 0.15) is 40.8 Å². The van der Waals surface area contributed by atoms with Crippen molar-refractivity contribution >= 4 is 58.7 Å². The Balaban J connectivity index is 0.000000224. The molecule has 0 unspecified atom stereocenters. The Morgan fingerprint density at radius 3 is 2.19 bits per heavy atom. The van der Waals surface area contributed by atoms with Crippen LogP contribution >= 0.6 is 23.2 Å². The van der Waals surface area contributed by atoms with Crippen LogP contribution in [0.15, 0.2) is 113 Å². The molecule has 4 aromatic carbocycles. The van der Waals surface area contributed by atoms with E-state index < -0.39 is 83.1 Å². The molecular weight excluding hydrogens is 941 g/mol. The Morgan fingerprint density at radius 2 is 1.58 bits per heavy atom. The lowest BCUT2D eigenvalue weighted by molar-refractivity contribution is -0.274. The molecule has 352 valence electrons. The fourth-order valence-corrected chi connectivity index (χ4v) is 7.62. The molecule has 0 bridgehead atoms. The highest BCUT2D eigenvalue weighted by Gasteiger charge is 2.62. The summed E-state index contributed by atoms with van der Waals surface area (Å²) in [5.41, 5.74) is -0.953. The van der Waals surface area contributed by atoms with E-state index >= 15 is 0 Å². The highest BCUT2D eigenvalue weighted by molar-refractivity contribution is 6.31. The third-order valence-electron chi connectivity index (χ3n) is 10.7. The highest BCUT2D eigenvalue weighted by Crippen LogP contribution is 2.61. The van der Waals surface area contributed by atoms with Gasteiger partial charge >= 0.3 is 36.6 Å². The molecule has 4 aromatic rings. The zero-order valence-corrected chi connectivity index (χ0v) is 36.9. The summed E-state index contributed by atoms with van der Waals surface area (Å²) in [5, 5.41) is 13.7. The second-order valence-corrected chi connectivity index (χ2v) is 16.2. The number of amides is 3. The first-order valence-electron chi connectivity index (χ1n) is 19.6. The standard InChI is InChI=1S/C23H19ClF3NO3.C22H17ClF3N3O7/c1-22(2)17(12-19(24)23(25,26)27)20(22)21(29)31-18(13-28)14-7-6-10-16(11-14)30-15-8-4-3-5-9-15;1-33-18(30)21-10-12-9-13(23)3-8-16(12)17(21)27-28(11-35-21)19(31)29(20(32)34-2)14-4-6-15(7-5-14)36-22(24,25)26/h3-12,17-18,20H,1-2H3;3-9H,10-11H2,1-2H3/b19-12-;/t17-,18+,20-;21-/m00/s1. The van der Waals surface area contributed by atoms with Crippen molar-refractivity contribution in [1.29, 1.82) is 5.26 Å². The molecule has 67 heavy (non-hydrogen) atoms. The van der Waals surface area contributed by atoms with Gasteiger partial charge in [0.05, 0.1) is 25.8 Å². The molecular formula is C45H36Cl2F6N4O10. The largest absolute Gasteiger partial charge is 0.573 e. The molecule has 2 aliphatic carbocycles. The second-order valence-electron chi connectivity index (χ2n) is 15.3. The summed E-state index contributed by atoms with van der Waals surface area (Å²) in [6.07, 6.45) is -11.1. The van der Waals surface area contributed by atoms with E-state index in [-0.39, 0.29) is 17.8 Å². The van der Waals surface area contributed by atoms with Crippen molar-refractivity contribution in [3.8, 4) is 23.3 Å². The Morgan fingerprint density at radius 1 is 0.910 bits per heavy atom. The summed E-state index contributed by atoms with van der Waals surface area (Å²) in [6, 6.07) is 25.1. The number of rotatable bonds is 9. The van der Waals surface area contributed by atoms with E-state index in [0.717, 1.165) is 42.5 Å². The average Bonchev–Trinajstić information content (AvgIpc) is 3.66. The number of carbonyl (C=O) groups excluding carboxylic acids is 4. The first-order valence-corrected chi connectivity index (χ1v) is 20.3. The van der Waals surface area contributed by atoms with Gasteiger partial charge in [-0.2, -0.15) is 33.4 Å². The first-order chi connectivity index (χ1) is 31.5. The number of nitrogens with zero attached hydrogens (tertiary/aromatic N) is 4. The van der Waals surface area contributed by atoms with E-state index in [4.69, 9.17) is 42.1 Å². The summed E-state index contributed by atoms with van der Waals surface area (Å²) < 4.78 is 106. The summed E-state index contributed by atoms with van der Waals surface area (Å²) in [5.74, 6) is -2.58. The molecule has 0 saturated heterocycles. The Labute approximate surface area is 387 Å². The minimum absolute atomic E-state index is 0.0534. The van der Waals surface area contributed by atoms with Crippen molar-refractivity contribution in [1.82, 2.24) is 5.01 Å². The smallest absolute Gasteiger partial charge is 0.467 e. The van der Waals surface area contributed by atoms with Gasteiger partial charge in [-0.1, -0.05) is 79.5 Å². The summed E-state index contributed by atoms with van der Waals surface area (Å²) in [6.45, 7) is 2.74. The number of nitriles is 1. The zero-order valence-electron chi connectivity index (χ0n) is 35.4. The highest BCUT2D eigenvalue weighted by atomic mass is 35.5. The Kier molecular flexibility index (Phi) is 14.5. The number of urea groups is 1. The number of imide groups is 1. The topological polar surface area (TPSA) is 166 Å². The fraction of sp³-hybridized carbons (Fsp3) is 0.289. The summed E-state index contributed by atoms with van der Waals surface area (Å²) in [7, 11) is 2.19. The lowest BCUT2D eigenvalue weighted by Gasteiger charge is -2.35. The van der Waals surface area contributed by atoms with Crippen LogP contribution in [0.1, 0.15) is 36.6 Å². The van der Waals surface area contributed by atoms with E-state index in [2.05, 4.69) is 14.6 Å². The number of hydrogen-bond acceptors (Lipinski definition) is 12. The number of carbonyl (C=O) groups is 4. The van der Waals surface area contributed by atoms with Gasteiger partial charge < -0.3 is 28.4 Å². The van der Waals surface area contributed by atoms with Crippen molar-refractivity contribution in [2.24, 2.45) is 22.4 Å². The molecule has 3 aliphatic rings. The lowest BCUT2D eigenvalue weighted by Crippen LogP contribution is -2.56. The van der Waals surface area contributed by atoms with E-state index in [1.807, 2.05) is 24.3 Å². The summed E-state index contributed by atoms with van der Waals surface area (Å²) in [4.78, 5) is 51.6. The van der Waals surface area contributed by atoms with Gasteiger partial charge in [0.15, 0.2) is 0 Å². The van der Waals surface area contributed by atoms with E-state index in [1.54, 1.807) is 68.4 Å². The molecule has 0 radical (unpaired) electrons. The number of methoxy groups -OCH3 is 2. The van der Waals surface area contributed by atoms with Crippen molar-refractivity contribution < 1.29 is 73.9 Å². The van der Waals surface area contributed by atoms with Gasteiger partial charge in [-0.25, -0.2) is 14.4 Å². The molecule has 0 aromatic heterocycles. The normalized spacial score (nSPS) is 19.7. The van der Waals surface area contributed by atoms with Crippen LogP contribution < -0.4 is 14.4 Å². The van der Waals surface area contributed by atoms with Gasteiger partial charge in [-0.15, -0.1) is 13.2 Å². The number of hydrogen-bond donors (Lipinski definition) is 0. The second kappa shape index (κ2) is 19.6. The maximum atomic E-state index is 13.3.